The van der Waals surface area contributed by atoms with Gasteiger partial charge in [0.2, 0.25) is 0 Å². The lowest BCUT2D eigenvalue weighted by molar-refractivity contribution is 0.150. The van der Waals surface area contributed by atoms with Gasteiger partial charge in [-0.3, -0.25) is 0 Å². The summed E-state index contributed by atoms with van der Waals surface area (Å²) in [6.07, 6.45) is 2.40. The van der Waals surface area contributed by atoms with Crippen LogP contribution in [0, 0.1) is 5.92 Å². The summed E-state index contributed by atoms with van der Waals surface area (Å²) in [6.45, 7) is 1.05. The Morgan fingerprint density at radius 3 is 2.22 bits per heavy atom. The quantitative estimate of drug-likeness (QED) is 0.514. The highest BCUT2D eigenvalue weighted by Crippen LogP contribution is 2.30. The van der Waals surface area contributed by atoms with Gasteiger partial charge in [0.15, 0.2) is 0 Å². The maximum absolute atomic E-state index is 9.27. The van der Waals surface area contributed by atoms with Gasteiger partial charge in [-0.2, -0.15) is 0 Å². The van der Waals surface area contributed by atoms with Gasteiger partial charge in [-0.05, 0) is 18.8 Å². The van der Waals surface area contributed by atoms with Crippen LogP contribution in [-0.2, 0) is 0 Å². The molecule has 0 amide bonds. The summed E-state index contributed by atoms with van der Waals surface area (Å²) in [5.41, 5.74) is 0. The van der Waals surface area contributed by atoms with Gasteiger partial charge in [0.25, 0.3) is 0 Å². The van der Waals surface area contributed by atoms with Gasteiger partial charge in [-0.25, -0.2) is 0 Å². The van der Waals surface area contributed by atoms with E-state index in [-0.39, 0.29) is 18.5 Å². The lowest BCUT2D eigenvalue weighted by Crippen LogP contribution is -2.27. The molecule has 3 atom stereocenters. The molecule has 1 aliphatic heterocycles. The number of aliphatic hydroxyl groups excluding tert-OH is 1. The molecular formula is C6H12ClNO. The summed E-state index contributed by atoms with van der Waals surface area (Å²) < 4.78 is 0. The highest BCUT2D eigenvalue weighted by atomic mass is 35.5. The van der Waals surface area contributed by atoms with Gasteiger partial charge in [0, 0.05) is 12.6 Å². The van der Waals surface area contributed by atoms with Crippen molar-refractivity contribution >= 4 is 12.4 Å². The predicted molar refractivity (Wildman–Crippen MR) is 37.8 cm³/mol. The molecule has 9 heavy (non-hydrogen) atoms. The molecule has 2 nitrogen and oxygen atoms in total. The van der Waals surface area contributed by atoms with Gasteiger partial charge in [0.1, 0.15) is 0 Å². The SMILES string of the molecule is Cl.OC1C2CCC1NC2. The number of hydrogen-bond acceptors (Lipinski definition) is 2. The molecule has 0 spiro atoms. The Labute approximate surface area is 61.0 Å². The third-order valence-electron chi connectivity index (χ3n) is 2.39. The summed E-state index contributed by atoms with van der Waals surface area (Å²) in [5.74, 6) is 0.583. The van der Waals surface area contributed by atoms with E-state index < -0.39 is 0 Å². The monoisotopic (exact) mass is 149 g/mol. The van der Waals surface area contributed by atoms with E-state index in [2.05, 4.69) is 5.32 Å². The number of fused-ring (bicyclic) bond motifs is 2. The van der Waals surface area contributed by atoms with Crippen molar-refractivity contribution in [1.29, 1.82) is 0 Å². The topological polar surface area (TPSA) is 32.3 Å². The minimum absolute atomic E-state index is 0. The lowest BCUT2D eigenvalue weighted by atomic mass is 10.1. The molecule has 54 valence electrons. The molecule has 2 fully saturated rings. The smallest absolute Gasteiger partial charge is 0.0733 e. The molecule has 1 aliphatic carbocycles. The van der Waals surface area contributed by atoms with E-state index in [1.54, 1.807) is 0 Å². The standard InChI is InChI=1S/C6H11NO.ClH/c8-6-4-1-2-5(6)7-3-4;/h4-8H,1-3H2;1H. The normalized spacial score (nSPS) is 47.0. The van der Waals surface area contributed by atoms with Crippen molar-refractivity contribution in [3.63, 3.8) is 0 Å². The summed E-state index contributed by atoms with van der Waals surface area (Å²) >= 11 is 0. The van der Waals surface area contributed by atoms with Crippen molar-refractivity contribution in [3.05, 3.63) is 0 Å². The fraction of sp³-hybridized carbons (Fsp3) is 1.00. The van der Waals surface area contributed by atoms with Crippen molar-refractivity contribution in [1.82, 2.24) is 5.32 Å². The van der Waals surface area contributed by atoms with Crippen LogP contribution in [0.5, 0.6) is 0 Å². The number of halogens is 1. The third kappa shape index (κ3) is 0.955. The van der Waals surface area contributed by atoms with Gasteiger partial charge in [-0.15, -0.1) is 12.4 Å². The van der Waals surface area contributed by atoms with Crippen LogP contribution in [-0.4, -0.2) is 23.8 Å². The number of hydrogen-bond donors (Lipinski definition) is 2. The Morgan fingerprint density at radius 2 is 2.11 bits per heavy atom. The maximum Gasteiger partial charge on any atom is 0.0733 e. The van der Waals surface area contributed by atoms with Crippen molar-refractivity contribution < 1.29 is 5.11 Å². The number of rotatable bonds is 0. The van der Waals surface area contributed by atoms with Crippen molar-refractivity contribution in [2.75, 3.05) is 6.54 Å². The van der Waals surface area contributed by atoms with Crippen molar-refractivity contribution in [2.24, 2.45) is 5.92 Å². The first-order chi connectivity index (χ1) is 3.88. The zero-order chi connectivity index (χ0) is 5.56. The van der Waals surface area contributed by atoms with E-state index in [1.807, 2.05) is 0 Å². The van der Waals surface area contributed by atoms with Crippen LogP contribution < -0.4 is 5.32 Å². The van der Waals surface area contributed by atoms with E-state index in [0.717, 1.165) is 6.54 Å². The van der Waals surface area contributed by atoms with E-state index in [9.17, 15) is 5.11 Å². The second kappa shape index (κ2) is 2.45. The summed E-state index contributed by atoms with van der Waals surface area (Å²) in [7, 11) is 0. The molecule has 0 radical (unpaired) electrons. The number of aliphatic hydroxyl groups is 1. The second-order valence-corrected chi connectivity index (χ2v) is 2.84. The zero-order valence-corrected chi connectivity index (χ0v) is 6.03. The van der Waals surface area contributed by atoms with Crippen LogP contribution >= 0.6 is 12.4 Å². The van der Waals surface area contributed by atoms with Crippen LogP contribution in [0.2, 0.25) is 0 Å². The molecule has 1 heterocycles. The Balaban J connectivity index is 0.000000405. The molecule has 1 saturated carbocycles. The van der Waals surface area contributed by atoms with Gasteiger partial charge < -0.3 is 10.4 Å². The maximum atomic E-state index is 9.27. The Kier molecular flexibility index (Phi) is 1.99. The largest absolute Gasteiger partial charge is 0.391 e. The van der Waals surface area contributed by atoms with Gasteiger partial charge >= 0.3 is 0 Å². The Hall–Kier alpha value is 0.210. The molecule has 0 aromatic carbocycles. The molecule has 0 aromatic heterocycles. The summed E-state index contributed by atoms with van der Waals surface area (Å²) in [5, 5.41) is 12.5. The molecule has 2 bridgehead atoms. The van der Waals surface area contributed by atoms with Crippen LogP contribution in [0.25, 0.3) is 0 Å². The van der Waals surface area contributed by atoms with Crippen LogP contribution in [0.3, 0.4) is 0 Å². The molecule has 2 N–H and O–H groups in total. The van der Waals surface area contributed by atoms with E-state index in [1.165, 1.54) is 12.8 Å². The highest BCUT2D eigenvalue weighted by molar-refractivity contribution is 5.85. The second-order valence-electron chi connectivity index (χ2n) is 2.84. The first-order valence-electron chi connectivity index (χ1n) is 3.29. The first-order valence-corrected chi connectivity index (χ1v) is 3.29. The summed E-state index contributed by atoms with van der Waals surface area (Å²) in [4.78, 5) is 0. The molecular weight excluding hydrogens is 138 g/mol. The minimum atomic E-state index is -0.0185. The minimum Gasteiger partial charge on any atom is -0.391 e. The highest BCUT2D eigenvalue weighted by Gasteiger charge is 2.39. The first kappa shape index (κ1) is 7.32. The number of piperidine rings is 1. The zero-order valence-electron chi connectivity index (χ0n) is 5.21. The van der Waals surface area contributed by atoms with E-state index in [0.29, 0.717) is 12.0 Å². The molecule has 3 heteroatoms. The Bertz CT molecular complexity index is 89.2. The number of nitrogens with one attached hydrogen (secondary N) is 1. The van der Waals surface area contributed by atoms with Crippen molar-refractivity contribution in [3.8, 4) is 0 Å². The van der Waals surface area contributed by atoms with E-state index in [4.69, 9.17) is 0 Å². The van der Waals surface area contributed by atoms with Gasteiger partial charge in [0.05, 0.1) is 6.10 Å². The molecule has 0 aromatic rings. The molecule has 2 aliphatic rings. The van der Waals surface area contributed by atoms with Crippen LogP contribution in [0.4, 0.5) is 0 Å². The van der Waals surface area contributed by atoms with Crippen LogP contribution in [0.15, 0.2) is 0 Å². The average Bonchev–Trinajstić information content (AvgIpc) is 2.29. The molecule has 3 unspecified atom stereocenters. The molecule has 1 saturated heterocycles. The Morgan fingerprint density at radius 1 is 1.33 bits per heavy atom. The lowest BCUT2D eigenvalue weighted by Gasteiger charge is -2.07. The third-order valence-corrected chi connectivity index (χ3v) is 2.39. The van der Waals surface area contributed by atoms with Crippen LogP contribution in [0.1, 0.15) is 12.8 Å². The predicted octanol–water partition coefficient (Wildman–Crippen LogP) is 0.151. The van der Waals surface area contributed by atoms with Gasteiger partial charge in [-0.1, -0.05) is 0 Å². The average molecular weight is 150 g/mol. The fourth-order valence-electron chi connectivity index (χ4n) is 1.81. The van der Waals surface area contributed by atoms with Crippen molar-refractivity contribution in [2.45, 2.75) is 25.0 Å². The summed E-state index contributed by atoms with van der Waals surface area (Å²) in [6, 6.07) is 0.444. The fourth-order valence-corrected chi connectivity index (χ4v) is 1.81. The molecule has 2 rings (SSSR count). The van der Waals surface area contributed by atoms with E-state index >= 15 is 0 Å².